The molecule has 0 aliphatic carbocycles. The summed E-state index contributed by atoms with van der Waals surface area (Å²) in [7, 11) is 12.1. The molecule has 0 atom stereocenters. The molecule has 1 aromatic rings. The van der Waals surface area contributed by atoms with Crippen molar-refractivity contribution in [3.8, 4) is 0 Å². The molecule has 160 valence electrons. The van der Waals surface area contributed by atoms with Crippen LogP contribution in [0.2, 0.25) is 12.1 Å². The molecule has 1 aromatic carbocycles. The van der Waals surface area contributed by atoms with Crippen molar-refractivity contribution in [3.63, 3.8) is 0 Å². The molecule has 0 saturated carbocycles. The molecule has 0 bridgehead atoms. The van der Waals surface area contributed by atoms with Crippen molar-refractivity contribution in [3.05, 3.63) is 18.2 Å². The van der Waals surface area contributed by atoms with E-state index < -0.39 is 8.80 Å². The second kappa shape index (κ2) is 13.4. The lowest BCUT2D eigenvalue weighted by Gasteiger charge is -2.24. The van der Waals surface area contributed by atoms with Gasteiger partial charge in [0, 0.05) is 66.9 Å². The van der Waals surface area contributed by atoms with Gasteiger partial charge in [-0.3, -0.25) is 0 Å². The minimum Gasteiger partial charge on any atom is -0.378 e. The third-order valence-electron chi connectivity index (χ3n) is 5.14. The zero-order chi connectivity index (χ0) is 21.0. The van der Waals surface area contributed by atoms with Gasteiger partial charge in [-0.15, -0.1) is 0 Å². The lowest BCUT2D eigenvalue weighted by atomic mass is 10.1. The predicted octanol–water partition coefficient (Wildman–Crippen LogP) is 3.79. The molecule has 0 aliphatic heterocycles. The van der Waals surface area contributed by atoms with Crippen LogP contribution in [-0.2, 0) is 13.3 Å². The van der Waals surface area contributed by atoms with Gasteiger partial charge in [-0.1, -0.05) is 44.2 Å². The summed E-state index contributed by atoms with van der Waals surface area (Å²) in [5.74, 6) is 0. The first-order valence-corrected chi connectivity index (χ1v) is 13.4. The fraction of sp³-hybridized carbons (Fsp3) is 0.714. The van der Waals surface area contributed by atoms with E-state index in [0.717, 1.165) is 22.0 Å². The van der Waals surface area contributed by atoms with Crippen LogP contribution < -0.4 is 15.0 Å². The Bertz CT molecular complexity index is 544. The van der Waals surface area contributed by atoms with Gasteiger partial charge < -0.3 is 23.1 Å². The molecular formula is C21H40N2O3Si2. The van der Waals surface area contributed by atoms with Crippen molar-refractivity contribution in [2.75, 3.05) is 59.3 Å². The van der Waals surface area contributed by atoms with E-state index in [1.165, 1.54) is 54.7 Å². The van der Waals surface area contributed by atoms with E-state index in [1.54, 1.807) is 21.3 Å². The highest BCUT2D eigenvalue weighted by Gasteiger charge is 2.36. The van der Waals surface area contributed by atoms with E-state index in [4.69, 9.17) is 13.3 Å². The number of nitrogens with zero attached hydrogens (tertiary/aromatic N) is 2. The predicted molar refractivity (Wildman–Crippen MR) is 125 cm³/mol. The van der Waals surface area contributed by atoms with Gasteiger partial charge in [0.05, 0.1) is 9.52 Å². The van der Waals surface area contributed by atoms with Gasteiger partial charge in [0.1, 0.15) is 0 Å². The lowest BCUT2D eigenvalue weighted by Crippen LogP contribution is -2.42. The average molecular weight is 425 g/mol. The van der Waals surface area contributed by atoms with Crippen LogP contribution in [0.5, 0.6) is 0 Å². The topological polar surface area (TPSA) is 34.2 Å². The molecule has 0 saturated heterocycles. The van der Waals surface area contributed by atoms with Crippen molar-refractivity contribution < 1.29 is 13.3 Å². The summed E-state index contributed by atoms with van der Waals surface area (Å²) in [6.45, 7) is 0. The van der Waals surface area contributed by atoms with Crippen LogP contribution in [-0.4, -0.2) is 67.8 Å². The van der Waals surface area contributed by atoms with Crippen LogP contribution in [0.3, 0.4) is 0 Å². The maximum atomic E-state index is 5.47. The molecular weight excluding hydrogens is 384 g/mol. The second-order valence-corrected chi connectivity index (χ2v) is 12.1. The first-order chi connectivity index (χ1) is 13.4. The van der Waals surface area contributed by atoms with Crippen molar-refractivity contribution in [1.29, 1.82) is 0 Å². The molecule has 0 aromatic heterocycles. The van der Waals surface area contributed by atoms with Gasteiger partial charge in [0.2, 0.25) is 0 Å². The van der Waals surface area contributed by atoms with E-state index in [-0.39, 0.29) is 0 Å². The molecule has 0 N–H and O–H groups in total. The highest BCUT2D eigenvalue weighted by atomic mass is 28.4. The maximum Gasteiger partial charge on any atom is 0.500 e. The minimum atomic E-state index is -2.37. The molecule has 0 spiro atoms. The van der Waals surface area contributed by atoms with E-state index in [0.29, 0.717) is 0 Å². The Morgan fingerprint density at radius 2 is 1.36 bits per heavy atom. The van der Waals surface area contributed by atoms with Crippen LogP contribution in [0.4, 0.5) is 11.4 Å². The normalized spacial score (nSPS) is 11.7. The number of hydrogen-bond donors (Lipinski definition) is 0. The summed E-state index contributed by atoms with van der Waals surface area (Å²) in [5.41, 5.74) is 2.62. The minimum absolute atomic E-state index is 0.886. The second-order valence-electron chi connectivity index (χ2n) is 7.58. The zero-order valence-electron chi connectivity index (χ0n) is 19.0. The van der Waals surface area contributed by atoms with E-state index in [1.807, 2.05) is 0 Å². The lowest BCUT2D eigenvalue weighted by molar-refractivity contribution is 0.122. The number of unbranched alkanes of at least 4 members (excludes halogenated alkanes) is 5. The highest BCUT2D eigenvalue weighted by molar-refractivity contribution is 6.60. The maximum absolute atomic E-state index is 5.47. The molecule has 0 fully saturated rings. The Morgan fingerprint density at radius 1 is 0.786 bits per heavy atom. The molecule has 28 heavy (non-hydrogen) atoms. The summed E-state index contributed by atoms with van der Waals surface area (Å²) < 4.78 is 16.4. The van der Waals surface area contributed by atoms with Gasteiger partial charge in [-0.25, -0.2) is 0 Å². The number of anilines is 2. The van der Waals surface area contributed by atoms with Crippen LogP contribution >= 0.6 is 0 Å². The average Bonchev–Trinajstić information content (AvgIpc) is 2.70. The molecule has 0 aliphatic rings. The summed E-state index contributed by atoms with van der Waals surface area (Å²) >= 11 is 0. The van der Waals surface area contributed by atoms with Crippen LogP contribution in [0.25, 0.3) is 0 Å². The molecule has 0 unspecified atom stereocenters. The van der Waals surface area contributed by atoms with Gasteiger partial charge in [-0.2, -0.15) is 0 Å². The number of benzene rings is 1. The van der Waals surface area contributed by atoms with Gasteiger partial charge in [0.15, 0.2) is 0 Å². The standard InChI is InChI=1S/C21H40N2O3Si2/c1-22(2)19-14-15-21(20(18-19)23(3)4)27-16-12-10-8-9-11-13-17-28(24-5,25-6)26-7/h14-15,18H,8-13,16-17H2,1-7H3. The molecule has 1 rings (SSSR count). The fourth-order valence-electron chi connectivity index (χ4n) is 3.27. The highest BCUT2D eigenvalue weighted by Crippen LogP contribution is 2.19. The Balaban J connectivity index is 2.24. The Morgan fingerprint density at radius 3 is 1.89 bits per heavy atom. The molecule has 0 heterocycles. The molecule has 5 nitrogen and oxygen atoms in total. The smallest absolute Gasteiger partial charge is 0.378 e. The van der Waals surface area contributed by atoms with Crippen LogP contribution in [0.15, 0.2) is 18.2 Å². The van der Waals surface area contributed by atoms with Crippen molar-refractivity contribution in [1.82, 2.24) is 0 Å². The Hall–Kier alpha value is -0.866. The van der Waals surface area contributed by atoms with E-state index >= 15 is 0 Å². The van der Waals surface area contributed by atoms with Gasteiger partial charge >= 0.3 is 8.80 Å². The Kier molecular flexibility index (Phi) is 12.0. The van der Waals surface area contributed by atoms with Crippen molar-refractivity contribution in [2.24, 2.45) is 0 Å². The number of rotatable bonds is 15. The van der Waals surface area contributed by atoms with E-state index in [9.17, 15) is 0 Å². The largest absolute Gasteiger partial charge is 0.500 e. The van der Waals surface area contributed by atoms with E-state index in [2.05, 4.69) is 56.2 Å². The molecule has 0 amide bonds. The van der Waals surface area contributed by atoms with Crippen LogP contribution in [0.1, 0.15) is 38.5 Å². The third-order valence-corrected chi connectivity index (χ3v) is 9.38. The molecule has 2 radical (unpaired) electrons. The summed E-state index contributed by atoms with van der Waals surface area (Å²) in [4.78, 5) is 4.40. The van der Waals surface area contributed by atoms with Gasteiger partial charge in [-0.05, 0) is 23.7 Å². The van der Waals surface area contributed by atoms with Crippen LogP contribution in [0, 0.1) is 0 Å². The van der Waals surface area contributed by atoms with Crippen molar-refractivity contribution >= 4 is 34.9 Å². The molecule has 7 heteroatoms. The SMILES string of the molecule is CO[Si](CCCCCCCC[Si]c1ccc(N(C)C)cc1N(C)C)(OC)OC. The summed E-state index contributed by atoms with van der Waals surface area (Å²) in [6.07, 6.45) is 7.57. The first kappa shape index (κ1) is 25.2. The quantitative estimate of drug-likeness (QED) is 0.316. The summed E-state index contributed by atoms with van der Waals surface area (Å²) in [6, 6.07) is 9.04. The van der Waals surface area contributed by atoms with Crippen molar-refractivity contribution in [2.45, 2.75) is 50.6 Å². The first-order valence-electron chi connectivity index (χ1n) is 10.3. The monoisotopic (exact) mass is 424 g/mol. The summed E-state index contributed by atoms with van der Waals surface area (Å²) in [5, 5.41) is 1.48. The number of hydrogen-bond acceptors (Lipinski definition) is 5. The zero-order valence-corrected chi connectivity index (χ0v) is 21.0. The third kappa shape index (κ3) is 8.25. The fourth-order valence-corrected chi connectivity index (χ4v) is 6.44. The Labute approximate surface area is 176 Å². The van der Waals surface area contributed by atoms with Gasteiger partial charge in [0.25, 0.3) is 0 Å².